The lowest BCUT2D eigenvalue weighted by molar-refractivity contribution is 0.0950. The van der Waals surface area contributed by atoms with Crippen LogP contribution in [0.5, 0.6) is 5.75 Å². The van der Waals surface area contributed by atoms with Crippen LogP contribution in [0.15, 0.2) is 67.0 Å². The summed E-state index contributed by atoms with van der Waals surface area (Å²) in [5.74, 6) is 0.567. The van der Waals surface area contributed by atoms with Crippen LogP contribution < -0.4 is 15.4 Å². The largest absolute Gasteiger partial charge is 0.496 e. The molecule has 0 bridgehead atoms. The number of hydrogen-bond acceptors (Lipinski definition) is 4. The van der Waals surface area contributed by atoms with E-state index < -0.39 is 0 Å². The Bertz CT molecular complexity index is 909. The number of nitrogens with one attached hydrogen (secondary N) is 2. The van der Waals surface area contributed by atoms with Crippen LogP contribution in [0.25, 0.3) is 0 Å². The molecule has 0 atom stereocenters. The maximum Gasteiger partial charge on any atom is 0.253 e. The molecule has 0 spiro atoms. The van der Waals surface area contributed by atoms with E-state index in [4.69, 9.17) is 4.74 Å². The summed E-state index contributed by atoms with van der Waals surface area (Å²) < 4.78 is 5.31. The Morgan fingerprint density at radius 3 is 2.65 bits per heavy atom. The number of carbonyl (C=O) groups is 1. The second-order valence-electron chi connectivity index (χ2n) is 5.90. The molecule has 1 aromatic heterocycles. The second-order valence-corrected chi connectivity index (χ2v) is 5.90. The predicted octanol–water partition coefficient (Wildman–Crippen LogP) is 4.07. The number of pyridine rings is 1. The van der Waals surface area contributed by atoms with Crippen LogP contribution in [0.3, 0.4) is 0 Å². The highest BCUT2D eigenvalue weighted by Crippen LogP contribution is 2.20. The van der Waals surface area contributed by atoms with E-state index in [1.807, 2.05) is 55.5 Å². The predicted molar refractivity (Wildman–Crippen MR) is 103 cm³/mol. The van der Waals surface area contributed by atoms with Gasteiger partial charge in [0, 0.05) is 24.0 Å². The third kappa shape index (κ3) is 4.19. The smallest absolute Gasteiger partial charge is 0.253 e. The minimum absolute atomic E-state index is 0.183. The number of nitrogens with zero attached hydrogens (tertiary/aromatic N) is 1. The molecular weight excluding hydrogens is 326 g/mol. The van der Waals surface area contributed by atoms with Crippen molar-refractivity contribution in [2.24, 2.45) is 0 Å². The van der Waals surface area contributed by atoms with Crippen molar-refractivity contribution < 1.29 is 9.53 Å². The second kappa shape index (κ2) is 8.16. The quantitative estimate of drug-likeness (QED) is 0.705. The van der Waals surface area contributed by atoms with E-state index in [0.717, 1.165) is 28.3 Å². The SMILES string of the molecule is COc1ccccc1CNC(=O)c1cncc(Nc2ccccc2C)c1. The van der Waals surface area contributed by atoms with Crippen molar-refractivity contribution in [3.8, 4) is 5.75 Å². The van der Waals surface area contributed by atoms with Crippen LogP contribution in [0.4, 0.5) is 11.4 Å². The maximum atomic E-state index is 12.5. The van der Waals surface area contributed by atoms with E-state index in [0.29, 0.717) is 12.1 Å². The molecule has 0 saturated heterocycles. The summed E-state index contributed by atoms with van der Waals surface area (Å²) in [5.41, 5.74) is 4.30. The van der Waals surface area contributed by atoms with Crippen molar-refractivity contribution in [2.75, 3.05) is 12.4 Å². The lowest BCUT2D eigenvalue weighted by atomic mass is 10.1. The van der Waals surface area contributed by atoms with Gasteiger partial charge in [0.05, 0.1) is 24.6 Å². The highest BCUT2D eigenvalue weighted by atomic mass is 16.5. The first-order chi connectivity index (χ1) is 12.7. The van der Waals surface area contributed by atoms with Gasteiger partial charge in [-0.05, 0) is 30.7 Å². The molecule has 3 aromatic rings. The summed E-state index contributed by atoms with van der Waals surface area (Å²) >= 11 is 0. The number of carbonyl (C=O) groups excluding carboxylic acids is 1. The Labute approximate surface area is 153 Å². The Morgan fingerprint density at radius 2 is 1.85 bits per heavy atom. The van der Waals surface area contributed by atoms with Gasteiger partial charge >= 0.3 is 0 Å². The van der Waals surface area contributed by atoms with Crippen molar-refractivity contribution >= 4 is 17.3 Å². The molecule has 1 amide bonds. The molecule has 2 N–H and O–H groups in total. The highest BCUT2D eigenvalue weighted by molar-refractivity contribution is 5.94. The van der Waals surface area contributed by atoms with Crippen molar-refractivity contribution in [3.63, 3.8) is 0 Å². The van der Waals surface area contributed by atoms with Gasteiger partial charge < -0.3 is 15.4 Å². The zero-order chi connectivity index (χ0) is 18.4. The van der Waals surface area contributed by atoms with E-state index in [2.05, 4.69) is 15.6 Å². The third-order valence-corrected chi connectivity index (χ3v) is 4.06. The number of methoxy groups -OCH3 is 1. The summed E-state index contributed by atoms with van der Waals surface area (Å²) in [4.78, 5) is 16.6. The maximum absolute atomic E-state index is 12.5. The van der Waals surface area contributed by atoms with Gasteiger partial charge in [-0.2, -0.15) is 0 Å². The average Bonchev–Trinajstić information content (AvgIpc) is 2.68. The van der Waals surface area contributed by atoms with E-state index in [1.54, 1.807) is 25.6 Å². The zero-order valence-electron chi connectivity index (χ0n) is 14.8. The van der Waals surface area contributed by atoms with Gasteiger partial charge in [-0.3, -0.25) is 9.78 Å². The van der Waals surface area contributed by atoms with Gasteiger partial charge in [0.25, 0.3) is 5.91 Å². The number of hydrogen-bond donors (Lipinski definition) is 2. The molecule has 0 aliphatic carbocycles. The molecule has 3 rings (SSSR count). The number of aryl methyl sites for hydroxylation is 1. The molecule has 0 saturated carbocycles. The number of benzene rings is 2. The Hall–Kier alpha value is -3.34. The number of aromatic nitrogens is 1. The normalized spacial score (nSPS) is 10.2. The van der Waals surface area contributed by atoms with Gasteiger partial charge in [0.15, 0.2) is 0 Å². The summed E-state index contributed by atoms with van der Waals surface area (Å²) in [6, 6.07) is 17.4. The van der Waals surface area contributed by atoms with Crippen LogP contribution in [0, 0.1) is 6.92 Å². The fourth-order valence-corrected chi connectivity index (χ4v) is 2.63. The molecule has 132 valence electrons. The van der Waals surface area contributed by atoms with E-state index in [-0.39, 0.29) is 5.91 Å². The molecule has 0 unspecified atom stereocenters. The summed E-state index contributed by atoms with van der Waals surface area (Å²) in [6.07, 6.45) is 3.25. The first-order valence-electron chi connectivity index (χ1n) is 8.35. The van der Waals surface area contributed by atoms with Gasteiger partial charge in [-0.25, -0.2) is 0 Å². The number of ether oxygens (including phenoxy) is 1. The topological polar surface area (TPSA) is 63.2 Å². The first-order valence-corrected chi connectivity index (χ1v) is 8.35. The number of para-hydroxylation sites is 2. The van der Waals surface area contributed by atoms with Crippen molar-refractivity contribution in [2.45, 2.75) is 13.5 Å². The van der Waals surface area contributed by atoms with Crippen molar-refractivity contribution in [1.29, 1.82) is 0 Å². The van der Waals surface area contributed by atoms with E-state index >= 15 is 0 Å². The molecule has 0 radical (unpaired) electrons. The average molecular weight is 347 g/mol. The van der Waals surface area contributed by atoms with Crippen LogP contribution in [0.1, 0.15) is 21.5 Å². The van der Waals surface area contributed by atoms with Gasteiger partial charge in [0.2, 0.25) is 0 Å². The van der Waals surface area contributed by atoms with Crippen LogP contribution in [0.2, 0.25) is 0 Å². The van der Waals surface area contributed by atoms with Gasteiger partial charge in [0.1, 0.15) is 5.75 Å². The summed E-state index contributed by atoms with van der Waals surface area (Å²) in [5, 5.41) is 6.20. The Morgan fingerprint density at radius 1 is 1.08 bits per heavy atom. The van der Waals surface area contributed by atoms with Crippen molar-refractivity contribution in [1.82, 2.24) is 10.3 Å². The molecule has 0 fully saturated rings. The van der Waals surface area contributed by atoms with Crippen LogP contribution in [-0.2, 0) is 6.54 Å². The van der Waals surface area contributed by atoms with Gasteiger partial charge in [-0.15, -0.1) is 0 Å². The van der Waals surface area contributed by atoms with E-state index in [9.17, 15) is 4.79 Å². The van der Waals surface area contributed by atoms with E-state index in [1.165, 1.54) is 0 Å². The Kier molecular flexibility index (Phi) is 5.49. The fraction of sp³-hybridized carbons (Fsp3) is 0.143. The molecule has 5 nitrogen and oxygen atoms in total. The monoisotopic (exact) mass is 347 g/mol. The zero-order valence-corrected chi connectivity index (χ0v) is 14.8. The van der Waals surface area contributed by atoms with Crippen LogP contribution >= 0.6 is 0 Å². The Balaban J connectivity index is 1.69. The number of amides is 1. The first kappa shape index (κ1) is 17.5. The molecule has 26 heavy (non-hydrogen) atoms. The lowest BCUT2D eigenvalue weighted by Crippen LogP contribution is -2.23. The molecular formula is C21H21N3O2. The molecule has 1 heterocycles. The third-order valence-electron chi connectivity index (χ3n) is 4.06. The molecule has 0 aliphatic heterocycles. The molecule has 5 heteroatoms. The van der Waals surface area contributed by atoms with Crippen molar-refractivity contribution in [3.05, 3.63) is 83.7 Å². The highest BCUT2D eigenvalue weighted by Gasteiger charge is 2.09. The molecule has 0 aliphatic rings. The minimum Gasteiger partial charge on any atom is -0.496 e. The molecule has 2 aromatic carbocycles. The minimum atomic E-state index is -0.183. The van der Waals surface area contributed by atoms with Crippen LogP contribution in [-0.4, -0.2) is 18.0 Å². The number of rotatable bonds is 6. The fourth-order valence-electron chi connectivity index (χ4n) is 2.63. The summed E-state index contributed by atoms with van der Waals surface area (Å²) in [6.45, 7) is 2.41. The number of anilines is 2. The standard InChI is InChI=1S/C21H21N3O2/c1-15-7-3-5-9-19(15)24-18-11-17(12-22-14-18)21(25)23-13-16-8-4-6-10-20(16)26-2/h3-12,14,24H,13H2,1-2H3,(H,23,25). The van der Waals surface area contributed by atoms with Gasteiger partial charge in [-0.1, -0.05) is 36.4 Å². The lowest BCUT2D eigenvalue weighted by Gasteiger charge is -2.11. The summed E-state index contributed by atoms with van der Waals surface area (Å²) in [7, 11) is 1.62.